The molecule has 1 N–H and O–H groups in total. The van der Waals surface area contributed by atoms with E-state index in [1.807, 2.05) is 51.1 Å². The first kappa shape index (κ1) is 50.0. The third-order valence-corrected chi connectivity index (χ3v) is 14.1. The predicted octanol–water partition coefficient (Wildman–Crippen LogP) is 8.50. The van der Waals surface area contributed by atoms with Crippen LogP contribution < -0.4 is 14.8 Å². The summed E-state index contributed by atoms with van der Waals surface area (Å²) in [6, 6.07) is 22.1. The van der Waals surface area contributed by atoms with Gasteiger partial charge in [-0.05, 0) is 92.5 Å². The van der Waals surface area contributed by atoms with Gasteiger partial charge in [0.15, 0.2) is 18.7 Å². The zero-order chi connectivity index (χ0) is 45.2. The van der Waals surface area contributed by atoms with Crippen molar-refractivity contribution in [3.63, 3.8) is 0 Å². The first-order chi connectivity index (χ1) is 30.3. The molecule has 348 valence electrons. The van der Waals surface area contributed by atoms with Crippen molar-refractivity contribution in [2.45, 2.75) is 116 Å². The van der Waals surface area contributed by atoms with Crippen molar-refractivity contribution in [3.8, 4) is 11.5 Å². The minimum Gasteiger partial charge on any atom is -0.494 e. The third-order valence-electron chi connectivity index (χ3n) is 10.5. The van der Waals surface area contributed by atoms with Gasteiger partial charge in [0, 0.05) is 19.1 Å². The normalized spacial score (nSPS) is 19.3. The molecule has 5 rings (SSSR count). The standard InChI is InChI=1S/C46H65N2O13PS/c1-6-8-26-54-39-19-21-41(22-20-39)63(52,53)48(30-34(3)4)25-23-38(47-46(50)60-43-32-57-45-42(43)24-28-55-45)29-36-15-17-40(18-16-36)58-33-62(51,59-27-9-7-2)61-35(5)44(49)56-31-37-13-11-10-12-14-37/h10-22,34-35,38,42-43,45H,6-9,23-33H2,1-5H3,(H,47,50)/t35-,38+,42-,43-,45+,62?/m0/s1. The highest BCUT2D eigenvalue weighted by atomic mass is 32.2. The number of carbonyl (C=O) groups is 2. The van der Waals surface area contributed by atoms with E-state index in [1.165, 1.54) is 11.2 Å². The Morgan fingerprint density at radius 2 is 1.56 bits per heavy atom. The number of alkyl carbamates (subject to hydrolysis) is 1. The summed E-state index contributed by atoms with van der Waals surface area (Å²) in [6.45, 7) is 11.3. The number of sulfonamides is 1. The van der Waals surface area contributed by atoms with E-state index in [1.54, 1.807) is 48.5 Å². The molecule has 0 aliphatic carbocycles. The number of hydrogen-bond acceptors (Lipinski definition) is 13. The lowest BCUT2D eigenvalue weighted by atomic mass is 10.0. The van der Waals surface area contributed by atoms with Crippen LogP contribution in [0.5, 0.6) is 11.5 Å². The van der Waals surface area contributed by atoms with Gasteiger partial charge in [0.25, 0.3) is 0 Å². The summed E-state index contributed by atoms with van der Waals surface area (Å²) < 4.78 is 89.0. The Balaban J connectivity index is 1.25. The summed E-state index contributed by atoms with van der Waals surface area (Å²) in [7, 11) is -7.83. The highest BCUT2D eigenvalue weighted by molar-refractivity contribution is 7.89. The molecule has 6 atom stereocenters. The lowest BCUT2D eigenvalue weighted by molar-refractivity contribution is -0.153. The second-order valence-electron chi connectivity index (χ2n) is 16.3. The van der Waals surface area contributed by atoms with Crippen molar-refractivity contribution in [1.82, 2.24) is 9.62 Å². The lowest BCUT2D eigenvalue weighted by Gasteiger charge is -2.27. The summed E-state index contributed by atoms with van der Waals surface area (Å²) in [5, 5.41) is 3.00. The van der Waals surface area contributed by atoms with Gasteiger partial charge in [0.05, 0.1) is 37.2 Å². The molecule has 2 heterocycles. The average molecular weight is 917 g/mol. The van der Waals surface area contributed by atoms with Gasteiger partial charge in [-0.2, -0.15) is 4.31 Å². The second kappa shape index (κ2) is 24.9. The maximum atomic E-state index is 14.1. The smallest absolute Gasteiger partial charge is 0.407 e. The van der Waals surface area contributed by atoms with Crippen molar-refractivity contribution in [1.29, 1.82) is 0 Å². The Morgan fingerprint density at radius 1 is 0.873 bits per heavy atom. The van der Waals surface area contributed by atoms with Crippen LogP contribution in [-0.2, 0) is 60.4 Å². The van der Waals surface area contributed by atoms with Crippen LogP contribution in [-0.4, -0.2) is 95.2 Å². The number of unbranched alkanes of at least 4 members (excludes halogenated alkanes) is 2. The maximum Gasteiger partial charge on any atom is 0.407 e. The highest BCUT2D eigenvalue weighted by Crippen LogP contribution is 2.49. The summed E-state index contributed by atoms with van der Waals surface area (Å²) in [6.07, 6.45) is 1.52. The van der Waals surface area contributed by atoms with Crippen LogP contribution in [0.4, 0.5) is 4.79 Å². The van der Waals surface area contributed by atoms with Crippen LogP contribution in [0.15, 0.2) is 83.8 Å². The molecule has 0 saturated carbocycles. The van der Waals surface area contributed by atoms with Crippen LogP contribution in [0.3, 0.4) is 0 Å². The van der Waals surface area contributed by atoms with Crippen molar-refractivity contribution < 1.29 is 60.0 Å². The van der Waals surface area contributed by atoms with Crippen LogP contribution in [0.25, 0.3) is 0 Å². The molecule has 2 saturated heterocycles. The molecule has 3 aromatic carbocycles. The molecule has 1 unspecified atom stereocenters. The van der Waals surface area contributed by atoms with Crippen molar-refractivity contribution >= 4 is 29.7 Å². The van der Waals surface area contributed by atoms with Gasteiger partial charge in [0.2, 0.25) is 10.0 Å². The number of esters is 1. The van der Waals surface area contributed by atoms with E-state index >= 15 is 0 Å². The van der Waals surface area contributed by atoms with E-state index < -0.39 is 54.3 Å². The molecule has 0 radical (unpaired) electrons. The molecule has 2 aliphatic heterocycles. The van der Waals surface area contributed by atoms with Crippen LogP contribution in [0, 0.1) is 11.8 Å². The largest absolute Gasteiger partial charge is 0.494 e. The highest BCUT2D eigenvalue weighted by Gasteiger charge is 2.44. The number of amides is 1. The number of fused-ring (bicyclic) bond motifs is 1. The molecule has 1 amide bonds. The van der Waals surface area contributed by atoms with E-state index in [0.717, 1.165) is 36.8 Å². The molecule has 0 aromatic heterocycles. The molecule has 63 heavy (non-hydrogen) atoms. The van der Waals surface area contributed by atoms with Crippen LogP contribution in [0.2, 0.25) is 0 Å². The number of benzene rings is 3. The van der Waals surface area contributed by atoms with Gasteiger partial charge in [-0.1, -0.05) is 83.0 Å². The van der Waals surface area contributed by atoms with E-state index in [-0.39, 0.29) is 62.4 Å². The van der Waals surface area contributed by atoms with Crippen LogP contribution >= 0.6 is 7.60 Å². The quantitative estimate of drug-likeness (QED) is 0.0438. The minimum absolute atomic E-state index is 0.0266. The summed E-state index contributed by atoms with van der Waals surface area (Å²) in [5.41, 5.74) is 1.61. The SMILES string of the molecule is CCCCOc1ccc(S(=O)(=O)N(CC[C@H](Cc2ccc(OCP(=O)(OCCCC)O[C@@H](C)C(=O)OCc3ccccc3)cc2)NC(=O)O[C@H]2CO[C@H]3OCC[C@H]32)CC(C)C)cc1. The number of nitrogens with one attached hydrogen (secondary N) is 1. The van der Waals surface area contributed by atoms with Gasteiger partial charge < -0.3 is 38.3 Å². The number of ether oxygens (including phenoxy) is 6. The summed E-state index contributed by atoms with van der Waals surface area (Å²) >= 11 is 0. The molecular formula is C46H65N2O13PS. The monoisotopic (exact) mass is 916 g/mol. The van der Waals surface area contributed by atoms with Crippen molar-refractivity contribution in [3.05, 3.63) is 90.0 Å². The lowest BCUT2D eigenvalue weighted by Crippen LogP contribution is -2.43. The van der Waals surface area contributed by atoms with E-state index in [9.17, 15) is 22.6 Å². The zero-order valence-corrected chi connectivity index (χ0v) is 38.9. The minimum atomic E-state index is -3.93. The molecule has 3 aromatic rings. The molecule has 17 heteroatoms. The number of nitrogens with zero attached hydrogens (tertiary/aromatic N) is 1. The van der Waals surface area contributed by atoms with Crippen molar-refractivity contribution in [2.24, 2.45) is 11.8 Å². The van der Waals surface area contributed by atoms with Crippen molar-refractivity contribution in [2.75, 3.05) is 45.9 Å². The maximum absolute atomic E-state index is 14.1. The zero-order valence-electron chi connectivity index (χ0n) is 37.2. The Hall–Kier alpha value is -4.02. The Kier molecular flexibility index (Phi) is 19.7. The predicted molar refractivity (Wildman–Crippen MR) is 237 cm³/mol. The van der Waals surface area contributed by atoms with Gasteiger partial charge in [0.1, 0.15) is 24.2 Å². The first-order valence-electron chi connectivity index (χ1n) is 22.1. The molecule has 0 spiro atoms. The topological polar surface area (TPSA) is 174 Å². The van der Waals surface area contributed by atoms with Gasteiger partial charge in [-0.15, -0.1) is 0 Å². The number of hydrogen-bond donors (Lipinski definition) is 1. The summed E-state index contributed by atoms with van der Waals surface area (Å²) in [5.74, 6) is 0.268. The number of rotatable bonds is 27. The Bertz CT molecular complexity index is 2000. The molecule has 2 aliphatic rings. The molecule has 15 nitrogen and oxygen atoms in total. The summed E-state index contributed by atoms with van der Waals surface area (Å²) in [4.78, 5) is 26.4. The van der Waals surface area contributed by atoms with Crippen LogP contribution in [0.1, 0.15) is 84.3 Å². The Morgan fingerprint density at radius 3 is 2.25 bits per heavy atom. The van der Waals surface area contributed by atoms with Gasteiger partial charge in [-0.3, -0.25) is 9.09 Å². The Labute approximate surface area is 373 Å². The third kappa shape index (κ3) is 15.9. The fourth-order valence-electron chi connectivity index (χ4n) is 7.05. The van der Waals surface area contributed by atoms with E-state index in [2.05, 4.69) is 12.2 Å². The fourth-order valence-corrected chi connectivity index (χ4v) is 10.2. The fraction of sp³-hybridized carbons (Fsp3) is 0.565. The first-order valence-corrected chi connectivity index (χ1v) is 25.2. The molecule has 2 fully saturated rings. The van der Waals surface area contributed by atoms with E-state index in [4.69, 9.17) is 37.5 Å². The van der Waals surface area contributed by atoms with Gasteiger partial charge >= 0.3 is 19.7 Å². The number of carbonyl (C=O) groups excluding carboxylic acids is 2. The molecular weight excluding hydrogens is 852 g/mol. The van der Waals surface area contributed by atoms with Gasteiger partial charge in [-0.25, -0.2) is 18.0 Å². The molecule has 0 bridgehead atoms. The van der Waals surface area contributed by atoms with E-state index in [0.29, 0.717) is 37.6 Å². The average Bonchev–Trinajstić information content (AvgIpc) is 3.90. The second-order valence-corrected chi connectivity index (χ2v) is 20.2.